The Kier molecular flexibility index (Phi) is 4.23. The lowest BCUT2D eigenvalue weighted by Crippen LogP contribution is -2.11. The lowest BCUT2D eigenvalue weighted by molar-refractivity contribution is -0.385. The molecule has 9 heteroatoms. The van der Waals surface area contributed by atoms with Crippen molar-refractivity contribution < 1.29 is 14.5 Å². The van der Waals surface area contributed by atoms with Crippen LogP contribution in [-0.2, 0) is 11.3 Å². The SMILES string of the molecule is O=C(OCc1nnnn1-c1ccccc1)c1ccccc1[N+](=O)[O-]. The normalized spacial score (nSPS) is 10.3. The Labute approximate surface area is 135 Å². The highest BCUT2D eigenvalue weighted by molar-refractivity contribution is 5.93. The summed E-state index contributed by atoms with van der Waals surface area (Å²) >= 11 is 0. The molecule has 9 nitrogen and oxygen atoms in total. The van der Waals surface area contributed by atoms with E-state index in [0.717, 1.165) is 0 Å². The number of nitro benzene ring substituents is 1. The number of hydrogen-bond donors (Lipinski definition) is 0. The summed E-state index contributed by atoms with van der Waals surface area (Å²) < 4.78 is 6.54. The molecule has 3 rings (SSSR count). The van der Waals surface area contributed by atoms with Gasteiger partial charge in [0.05, 0.1) is 10.6 Å². The predicted molar refractivity (Wildman–Crippen MR) is 81.4 cm³/mol. The molecule has 24 heavy (non-hydrogen) atoms. The Morgan fingerprint density at radius 3 is 2.58 bits per heavy atom. The highest BCUT2D eigenvalue weighted by atomic mass is 16.6. The number of hydrogen-bond acceptors (Lipinski definition) is 7. The van der Waals surface area contributed by atoms with Gasteiger partial charge in [-0.2, -0.15) is 4.68 Å². The summed E-state index contributed by atoms with van der Waals surface area (Å²) in [6.45, 7) is -0.215. The molecule has 1 aromatic heterocycles. The number of nitro groups is 1. The number of ether oxygens (including phenoxy) is 1. The van der Waals surface area contributed by atoms with Crippen LogP contribution in [-0.4, -0.2) is 31.1 Å². The van der Waals surface area contributed by atoms with Crippen molar-refractivity contribution in [2.75, 3.05) is 0 Å². The number of carbonyl (C=O) groups excluding carboxylic acids is 1. The highest BCUT2D eigenvalue weighted by Crippen LogP contribution is 2.19. The third-order valence-corrected chi connectivity index (χ3v) is 3.19. The summed E-state index contributed by atoms with van der Waals surface area (Å²) in [4.78, 5) is 22.4. The van der Waals surface area contributed by atoms with Gasteiger partial charge in [-0.15, -0.1) is 5.10 Å². The van der Waals surface area contributed by atoms with Crippen molar-refractivity contribution in [1.82, 2.24) is 20.2 Å². The minimum Gasteiger partial charge on any atom is -0.454 e. The van der Waals surface area contributed by atoms with E-state index in [1.54, 1.807) is 12.1 Å². The fourth-order valence-corrected chi connectivity index (χ4v) is 2.08. The molecule has 0 saturated carbocycles. The van der Waals surface area contributed by atoms with E-state index in [1.165, 1.54) is 28.9 Å². The number of carbonyl (C=O) groups is 1. The molecule has 1 heterocycles. The van der Waals surface area contributed by atoms with E-state index in [-0.39, 0.29) is 17.9 Å². The second kappa shape index (κ2) is 6.65. The lowest BCUT2D eigenvalue weighted by atomic mass is 10.2. The van der Waals surface area contributed by atoms with Gasteiger partial charge in [0.15, 0.2) is 12.4 Å². The zero-order valence-electron chi connectivity index (χ0n) is 12.3. The Hall–Kier alpha value is -3.62. The van der Waals surface area contributed by atoms with Crippen LogP contribution < -0.4 is 0 Å². The van der Waals surface area contributed by atoms with Crippen LogP contribution >= 0.6 is 0 Å². The van der Waals surface area contributed by atoms with Gasteiger partial charge in [-0.25, -0.2) is 4.79 Å². The molecule has 0 aliphatic carbocycles. The van der Waals surface area contributed by atoms with Crippen molar-refractivity contribution >= 4 is 11.7 Å². The molecule has 0 unspecified atom stereocenters. The predicted octanol–water partition coefficient (Wildman–Crippen LogP) is 1.93. The van der Waals surface area contributed by atoms with E-state index in [2.05, 4.69) is 15.5 Å². The van der Waals surface area contributed by atoms with Gasteiger partial charge in [-0.3, -0.25) is 10.1 Å². The maximum Gasteiger partial charge on any atom is 0.345 e. The van der Waals surface area contributed by atoms with E-state index in [9.17, 15) is 14.9 Å². The van der Waals surface area contributed by atoms with E-state index in [4.69, 9.17) is 4.74 Å². The Morgan fingerprint density at radius 2 is 1.83 bits per heavy atom. The lowest BCUT2D eigenvalue weighted by Gasteiger charge is -2.06. The Balaban J connectivity index is 1.77. The number of rotatable bonds is 5. The molecule has 0 N–H and O–H groups in total. The molecule has 2 aromatic carbocycles. The van der Waals surface area contributed by atoms with Crippen molar-refractivity contribution in [1.29, 1.82) is 0 Å². The first-order valence-corrected chi connectivity index (χ1v) is 6.90. The largest absolute Gasteiger partial charge is 0.454 e. The summed E-state index contributed by atoms with van der Waals surface area (Å²) in [5.41, 5.74) is 0.269. The number of nitrogens with zero attached hydrogens (tertiary/aromatic N) is 5. The summed E-state index contributed by atoms with van der Waals surface area (Å²) in [5, 5.41) is 22.2. The van der Waals surface area contributed by atoms with Crippen molar-refractivity contribution in [3.8, 4) is 5.69 Å². The first kappa shape index (κ1) is 15.3. The van der Waals surface area contributed by atoms with Crippen LogP contribution in [0.25, 0.3) is 5.69 Å². The van der Waals surface area contributed by atoms with Crippen molar-refractivity contribution in [2.45, 2.75) is 6.61 Å². The van der Waals surface area contributed by atoms with Crippen LogP contribution in [0.1, 0.15) is 16.2 Å². The second-order valence-electron chi connectivity index (χ2n) is 4.69. The van der Waals surface area contributed by atoms with Crippen LogP contribution in [0.2, 0.25) is 0 Å². The monoisotopic (exact) mass is 325 g/mol. The molecule has 0 aliphatic rings. The average Bonchev–Trinajstić information content (AvgIpc) is 3.09. The molecule has 0 atom stereocenters. The Morgan fingerprint density at radius 1 is 1.12 bits per heavy atom. The molecule has 3 aromatic rings. The molecule has 0 aliphatic heterocycles. The van der Waals surface area contributed by atoms with Crippen LogP contribution in [0.15, 0.2) is 54.6 Å². The third kappa shape index (κ3) is 3.09. The number of para-hydroxylation sites is 2. The smallest absolute Gasteiger partial charge is 0.345 e. The Bertz CT molecular complexity index is 878. The molecule has 0 amide bonds. The first-order chi connectivity index (χ1) is 11.7. The van der Waals surface area contributed by atoms with Gasteiger partial charge in [-0.1, -0.05) is 30.3 Å². The topological polar surface area (TPSA) is 113 Å². The van der Waals surface area contributed by atoms with Gasteiger partial charge in [-0.05, 0) is 28.6 Å². The van der Waals surface area contributed by atoms with E-state index >= 15 is 0 Å². The summed E-state index contributed by atoms with van der Waals surface area (Å²) in [6, 6.07) is 14.7. The zero-order chi connectivity index (χ0) is 16.9. The molecular formula is C15H11N5O4. The quantitative estimate of drug-likeness (QED) is 0.400. The number of benzene rings is 2. The van der Waals surface area contributed by atoms with E-state index in [1.807, 2.05) is 18.2 Å². The van der Waals surface area contributed by atoms with Gasteiger partial charge in [0.1, 0.15) is 5.56 Å². The maximum atomic E-state index is 12.1. The zero-order valence-corrected chi connectivity index (χ0v) is 12.3. The first-order valence-electron chi connectivity index (χ1n) is 6.90. The molecule has 0 saturated heterocycles. The van der Waals surface area contributed by atoms with E-state index in [0.29, 0.717) is 11.5 Å². The van der Waals surface area contributed by atoms with Gasteiger partial charge in [0, 0.05) is 6.07 Å². The maximum absolute atomic E-state index is 12.1. The minimum absolute atomic E-state index is 0.124. The number of esters is 1. The van der Waals surface area contributed by atoms with Gasteiger partial charge < -0.3 is 4.74 Å². The van der Waals surface area contributed by atoms with E-state index < -0.39 is 10.9 Å². The third-order valence-electron chi connectivity index (χ3n) is 3.19. The molecule has 0 fully saturated rings. The standard InChI is InChI=1S/C15H11N5O4/c21-15(12-8-4-5-9-13(12)20(22)23)24-10-14-16-17-18-19(14)11-6-2-1-3-7-11/h1-9H,10H2. The molecule has 0 spiro atoms. The summed E-state index contributed by atoms with van der Waals surface area (Å²) in [6.07, 6.45) is 0. The van der Waals surface area contributed by atoms with Crippen LogP contribution in [0.3, 0.4) is 0 Å². The van der Waals surface area contributed by atoms with Gasteiger partial charge in [0.2, 0.25) is 0 Å². The number of aromatic nitrogens is 4. The average molecular weight is 325 g/mol. The van der Waals surface area contributed by atoms with Crippen LogP contribution in [0.5, 0.6) is 0 Å². The highest BCUT2D eigenvalue weighted by Gasteiger charge is 2.21. The van der Waals surface area contributed by atoms with Crippen molar-refractivity contribution in [3.05, 3.63) is 76.1 Å². The van der Waals surface area contributed by atoms with Crippen LogP contribution in [0, 0.1) is 10.1 Å². The molecule has 0 bridgehead atoms. The van der Waals surface area contributed by atoms with Crippen LogP contribution in [0.4, 0.5) is 5.69 Å². The van der Waals surface area contributed by atoms with Gasteiger partial charge >= 0.3 is 5.97 Å². The van der Waals surface area contributed by atoms with Gasteiger partial charge in [0.25, 0.3) is 5.69 Å². The van der Waals surface area contributed by atoms with Crippen molar-refractivity contribution in [2.24, 2.45) is 0 Å². The summed E-state index contributed by atoms with van der Waals surface area (Å²) in [7, 11) is 0. The van der Waals surface area contributed by atoms with Crippen molar-refractivity contribution in [3.63, 3.8) is 0 Å². The molecular weight excluding hydrogens is 314 g/mol. The fraction of sp³-hybridized carbons (Fsp3) is 0.0667. The second-order valence-corrected chi connectivity index (χ2v) is 4.69. The molecule has 120 valence electrons. The fourth-order valence-electron chi connectivity index (χ4n) is 2.08. The minimum atomic E-state index is -0.815. The summed E-state index contributed by atoms with van der Waals surface area (Å²) in [5.74, 6) is -0.516. The molecule has 0 radical (unpaired) electrons. The number of tetrazole rings is 1.